The number of phenols is 1. The van der Waals surface area contributed by atoms with Crippen LogP contribution in [0.5, 0.6) is 5.75 Å². The standard InChI is InChI=1S/C20H21BrN2O5S/c1-12(3-10-18(25)23-27)19(16-11-13(21)4-9-17(16)24)28-20(26)22-14-5-7-15(29-2)8-6-14/h3-12,19,24,27H,1-2H3,(H,22,26)(H,23,25)/b10-3+/t12-,19-/m0/s1. The third-order valence-electron chi connectivity index (χ3n) is 4.01. The van der Waals surface area contributed by atoms with Crippen molar-refractivity contribution in [2.45, 2.75) is 17.9 Å². The number of amides is 2. The first-order chi connectivity index (χ1) is 13.8. The summed E-state index contributed by atoms with van der Waals surface area (Å²) in [4.78, 5) is 24.8. The van der Waals surface area contributed by atoms with Crippen molar-refractivity contribution in [3.63, 3.8) is 0 Å². The van der Waals surface area contributed by atoms with Gasteiger partial charge in [0.15, 0.2) is 0 Å². The Labute approximate surface area is 181 Å². The molecule has 0 bridgehead atoms. The SMILES string of the molecule is CSc1ccc(NC(=O)O[C@H](c2cc(Br)ccc2O)[C@@H](C)/C=C/C(=O)NO)cc1. The van der Waals surface area contributed by atoms with E-state index < -0.39 is 24.0 Å². The van der Waals surface area contributed by atoms with Crippen LogP contribution in [0, 0.1) is 5.92 Å². The van der Waals surface area contributed by atoms with Gasteiger partial charge >= 0.3 is 6.09 Å². The fourth-order valence-corrected chi connectivity index (χ4v) is 3.31. The van der Waals surface area contributed by atoms with Gasteiger partial charge in [-0.25, -0.2) is 10.3 Å². The van der Waals surface area contributed by atoms with Crippen LogP contribution in [-0.4, -0.2) is 28.6 Å². The molecule has 2 aromatic rings. The molecular formula is C20H21BrN2O5S. The zero-order valence-electron chi connectivity index (χ0n) is 15.8. The van der Waals surface area contributed by atoms with Crippen LogP contribution >= 0.6 is 27.7 Å². The van der Waals surface area contributed by atoms with Crippen molar-refractivity contribution in [1.29, 1.82) is 0 Å². The Bertz CT molecular complexity index is 889. The third kappa shape index (κ3) is 6.81. The summed E-state index contributed by atoms with van der Waals surface area (Å²) in [6, 6.07) is 12.0. The van der Waals surface area contributed by atoms with E-state index in [0.717, 1.165) is 11.0 Å². The number of hydrogen-bond acceptors (Lipinski definition) is 6. The minimum atomic E-state index is -0.888. The van der Waals surface area contributed by atoms with Gasteiger partial charge in [0.05, 0.1) is 0 Å². The minimum absolute atomic E-state index is 0.0535. The Kier molecular flexibility index (Phi) is 8.56. The lowest BCUT2D eigenvalue weighted by atomic mass is 9.96. The van der Waals surface area contributed by atoms with Crippen LogP contribution in [-0.2, 0) is 9.53 Å². The molecule has 0 unspecified atom stereocenters. The highest BCUT2D eigenvalue weighted by molar-refractivity contribution is 9.10. The Balaban J connectivity index is 2.23. The average Bonchev–Trinajstić information content (AvgIpc) is 2.72. The first kappa shape index (κ1) is 22.8. The summed E-state index contributed by atoms with van der Waals surface area (Å²) in [5.41, 5.74) is 2.43. The summed E-state index contributed by atoms with van der Waals surface area (Å²) in [5.74, 6) is -1.26. The van der Waals surface area contributed by atoms with Crippen LogP contribution in [0.2, 0.25) is 0 Å². The molecule has 0 heterocycles. The number of aromatic hydroxyl groups is 1. The zero-order chi connectivity index (χ0) is 21.4. The van der Waals surface area contributed by atoms with Gasteiger partial charge in [-0.2, -0.15) is 0 Å². The monoisotopic (exact) mass is 480 g/mol. The summed E-state index contributed by atoms with van der Waals surface area (Å²) in [6.45, 7) is 1.71. The second kappa shape index (κ2) is 10.9. The number of rotatable bonds is 7. The average molecular weight is 481 g/mol. The van der Waals surface area contributed by atoms with Crippen LogP contribution in [0.1, 0.15) is 18.6 Å². The molecule has 9 heteroatoms. The highest BCUT2D eigenvalue weighted by Crippen LogP contribution is 2.35. The molecule has 0 aliphatic carbocycles. The van der Waals surface area contributed by atoms with Gasteiger partial charge in [0.2, 0.25) is 0 Å². The van der Waals surface area contributed by atoms with Crippen LogP contribution in [0.4, 0.5) is 10.5 Å². The van der Waals surface area contributed by atoms with Gasteiger partial charge in [0.25, 0.3) is 5.91 Å². The molecule has 0 spiro atoms. The summed E-state index contributed by atoms with van der Waals surface area (Å²) < 4.78 is 6.27. The summed E-state index contributed by atoms with van der Waals surface area (Å²) >= 11 is 4.92. The van der Waals surface area contributed by atoms with E-state index in [4.69, 9.17) is 9.94 Å². The highest BCUT2D eigenvalue weighted by Gasteiger charge is 2.25. The van der Waals surface area contributed by atoms with Crippen molar-refractivity contribution < 1.29 is 24.6 Å². The molecule has 0 fully saturated rings. The van der Waals surface area contributed by atoms with E-state index >= 15 is 0 Å². The Morgan fingerprint density at radius 3 is 2.52 bits per heavy atom. The lowest BCUT2D eigenvalue weighted by Gasteiger charge is -2.23. The number of phenolic OH excluding ortho intramolecular Hbond substituents is 1. The van der Waals surface area contributed by atoms with Gasteiger partial charge in [0.1, 0.15) is 11.9 Å². The fourth-order valence-electron chi connectivity index (χ4n) is 2.52. The molecule has 0 aromatic heterocycles. The normalized spacial score (nSPS) is 13.0. The molecule has 154 valence electrons. The number of carbonyl (C=O) groups excluding carboxylic acids is 2. The number of nitrogens with one attached hydrogen (secondary N) is 2. The Hall–Kier alpha value is -2.49. The number of halogens is 1. The molecule has 7 nitrogen and oxygen atoms in total. The van der Waals surface area contributed by atoms with Crippen molar-refractivity contribution in [2.24, 2.45) is 5.92 Å². The number of anilines is 1. The molecule has 0 saturated carbocycles. The topological polar surface area (TPSA) is 108 Å². The van der Waals surface area contributed by atoms with E-state index in [-0.39, 0.29) is 5.75 Å². The number of carbonyl (C=O) groups is 2. The molecule has 2 rings (SSSR count). The van der Waals surface area contributed by atoms with E-state index in [1.54, 1.807) is 43.0 Å². The lowest BCUT2D eigenvalue weighted by molar-refractivity contribution is -0.124. The second-order valence-corrected chi connectivity index (χ2v) is 7.87. The summed E-state index contributed by atoms with van der Waals surface area (Å²) in [5, 5.41) is 21.5. The smallest absolute Gasteiger partial charge is 0.412 e. The quantitative estimate of drug-likeness (QED) is 0.195. The number of benzene rings is 2. The molecule has 0 aliphatic rings. The Morgan fingerprint density at radius 1 is 1.21 bits per heavy atom. The molecule has 0 radical (unpaired) electrons. The molecular weight excluding hydrogens is 460 g/mol. The first-order valence-electron chi connectivity index (χ1n) is 8.56. The van der Waals surface area contributed by atoms with E-state index in [1.165, 1.54) is 17.6 Å². The largest absolute Gasteiger partial charge is 0.508 e. The van der Waals surface area contributed by atoms with E-state index in [9.17, 15) is 14.7 Å². The van der Waals surface area contributed by atoms with E-state index in [0.29, 0.717) is 15.7 Å². The lowest BCUT2D eigenvalue weighted by Crippen LogP contribution is -2.22. The number of hydrogen-bond donors (Lipinski definition) is 4. The maximum absolute atomic E-state index is 12.5. The van der Waals surface area contributed by atoms with E-state index in [2.05, 4.69) is 21.2 Å². The molecule has 2 aromatic carbocycles. The molecule has 4 N–H and O–H groups in total. The van der Waals surface area contributed by atoms with Crippen LogP contribution in [0.15, 0.2) is 64.0 Å². The molecule has 2 amide bonds. The van der Waals surface area contributed by atoms with Gasteiger partial charge in [-0.3, -0.25) is 15.3 Å². The molecule has 0 saturated heterocycles. The fraction of sp³-hybridized carbons (Fsp3) is 0.200. The van der Waals surface area contributed by atoms with Gasteiger partial charge in [-0.1, -0.05) is 28.9 Å². The second-order valence-electron chi connectivity index (χ2n) is 6.08. The van der Waals surface area contributed by atoms with Crippen molar-refractivity contribution in [3.8, 4) is 5.75 Å². The van der Waals surface area contributed by atoms with Crippen LogP contribution < -0.4 is 10.8 Å². The van der Waals surface area contributed by atoms with Crippen molar-refractivity contribution in [1.82, 2.24) is 5.48 Å². The maximum Gasteiger partial charge on any atom is 0.412 e. The number of hydroxylamine groups is 1. The number of thioether (sulfide) groups is 1. The molecule has 0 aliphatic heterocycles. The van der Waals surface area contributed by atoms with Gasteiger partial charge in [-0.05, 0) is 48.7 Å². The zero-order valence-corrected chi connectivity index (χ0v) is 18.2. The minimum Gasteiger partial charge on any atom is -0.508 e. The van der Waals surface area contributed by atoms with Crippen molar-refractivity contribution >= 4 is 45.4 Å². The maximum atomic E-state index is 12.5. The van der Waals surface area contributed by atoms with Crippen LogP contribution in [0.3, 0.4) is 0 Å². The molecule has 29 heavy (non-hydrogen) atoms. The predicted molar refractivity (Wildman–Crippen MR) is 115 cm³/mol. The first-order valence-corrected chi connectivity index (χ1v) is 10.6. The van der Waals surface area contributed by atoms with Gasteiger partial charge in [0, 0.05) is 32.6 Å². The van der Waals surface area contributed by atoms with Crippen LogP contribution in [0.25, 0.3) is 0 Å². The van der Waals surface area contributed by atoms with E-state index in [1.807, 2.05) is 18.4 Å². The highest BCUT2D eigenvalue weighted by atomic mass is 79.9. The number of ether oxygens (including phenoxy) is 1. The Morgan fingerprint density at radius 2 is 1.90 bits per heavy atom. The van der Waals surface area contributed by atoms with Crippen molar-refractivity contribution in [2.75, 3.05) is 11.6 Å². The summed E-state index contributed by atoms with van der Waals surface area (Å²) in [7, 11) is 0. The van der Waals surface area contributed by atoms with Gasteiger partial charge < -0.3 is 9.84 Å². The van der Waals surface area contributed by atoms with Crippen molar-refractivity contribution in [3.05, 3.63) is 64.7 Å². The van der Waals surface area contributed by atoms with Gasteiger partial charge in [-0.15, -0.1) is 11.8 Å². The molecule has 2 atom stereocenters. The summed E-state index contributed by atoms with van der Waals surface area (Å²) in [6.07, 6.45) is 2.95. The third-order valence-corrected chi connectivity index (χ3v) is 5.24. The predicted octanol–water partition coefficient (Wildman–Crippen LogP) is 4.86.